The number of nitrogens with one attached hydrogen (secondary N) is 3. The summed E-state index contributed by atoms with van der Waals surface area (Å²) in [4.78, 5) is 17.3. The molecule has 0 saturated heterocycles. The number of imidazole rings is 1. The fourth-order valence-electron chi connectivity index (χ4n) is 4.81. The zero-order valence-corrected chi connectivity index (χ0v) is 20.5. The van der Waals surface area contributed by atoms with Gasteiger partial charge in [-0.25, -0.2) is 4.98 Å². The van der Waals surface area contributed by atoms with E-state index in [0.717, 1.165) is 71.3 Å². The molecule has 4 heterocycles. The number of rotatable bonds is 5. The monoisotopic (exact) mass is 475 g/mol. The minimum atomic E-state index is 0.830. The lowest BCUT2D eigenvalue weighted by Crippen LogP contribution is -2.30. The van der Waals surface area contributed by atoms with Crippen LogP contribution in [0.15, 0.2) is 83.2 Å². The fourth-order valence-corrected chi connectivity index (χ4v) is 4.81. The molecule has 0 spiro atoms. The maximum atomic E-state index is 4.83. The highest BCUT2D eigenvalue weighted by atomic mass is 15.0. The van der Waals surface area contributed by atoms with Crippen molar-refractivity contribution in [2.75, 3.05) is 26.7 Å². The van der Waals surface area contributed by atoms with E-state index in [0.29, 0.717) is 0 Å². The molecule has 0 amide bonds. The maximum Gasteiger partial charge on any atom is 0.137 e. The van der Waals surface area contributed by atoms with Crippen LogP contribution in [0.5, 0.6) is 0 Å². The van der Waals surface area contributed by atoms with Gasteiger partial charge in [0.2, 0.25) is 0 Å². The van der Waals surface area contributed by atoms with E-state index in [1.54, 1.807) is 7.05 Å². The van der Waals surface area contributed by atoms with Crippen molar-refractivity contribution >= 4 is 28.2 Å². The third-order valence-corrected chi connectivity index (χ3v) is 6.64. The second kappa shape index (κ2) is 9.34. The van der Waals surface area contributed by atoms with E-state index in [-0.39, 0.29) is 0 Å². The van der Waals surface area contributed by atoms with Crippen LogP contribution in [0.1, 0.15) is 24.5 Å². The van der Waals surface area contributed by atoms with Crippen molar-refractivity contribution in [1.29, 1.82) is 0 Å². The SMILES string of the molecule is CCNC(=NC)c1ccc2nc(-c3ccc(-c4c[nH]c5cc(C6=NCCCN6)ccc45)cc3)cn2c1. The van der Waals surface area contributed by atoms with Crippen molar-refractivity contribution in [3.63, 3.8) is 0 Å². The van der Waals surface area contributed by atoms with Gasteiger partial charge < -0.3 is 20.0 Å². The average molecular weight is 476 g/mol. The summed E-state index contributed by atoms with van der Waals surface area (Å²) in [5, 5.41) is 7.92. The normalized spacial score (nSPS) is 14.2. The minimum absolute atomic E-state index is 0.830. The Labute approximate surface area is 210 Å². The van der Waals surface area contributed by atoms with E-state index in [9.17, 15) is 0 Å². The average Bonchev–Trinajstić information content (AvgIpc) is 3.56. The first-order valence-corrected chi connectivity index (χ1v) is 12.4. The summed E-state index contributed by atoms with van der Waals surface area (Å²) in [6, 6.07) is 19.2. The van der Waals surface area contributed by atoms with Crippen LogP contribution in [0, 0.1) is 0 Å². The highest BCUT2D eigenvalue weighted by Crippen LogP contribution is 2.31. The van der Waals surface area contributed by atoms with Crippen molar-refractivity contribution in [2.24, 2.45) is 9.98 Å². The molecule has 7 heteroatoms. The van der Waals surface area contributed by atoms with Gasteiger partial charge in [-0.15, -0.1) is 0 Å². The highest BCUT2D eigenvalue weighted by molar-refractivity contribution is 6.04. The maximum absolute atomic E-state index is 4.83. The molecule has 180 valence electrons. The Kier molecular flexibility index (Phi) is 5.73. The largest absolute Gasteiger partial charge is 0.370 e. The second-order valence-electron chi connectivity index (χ2n) is 8.96. The Morgan fingerprint density at radius 1 is 1.03 bits per heavy atom. The molecule has 0 bridgehead atoms. The molecule has 0 saturated carbocycles. The third kappa shape index (κ3) is 4.02. The molecule has 7 nitrogen and oxygen atoms in total. The van der Waals surface area contributed by atoms with E-state index in [4.69, 9.17) is 4.98 Å². The third-order valence-electron chi connectivity index (χ3n) is 6.64. The van der Waals surface area contributed by atoms with Gasteiger partial charge in [0.25, 0.3) is 0 Å². The number of aromatic amines is 1. The molecule has 0 atom stereocenters. The van der Waals surface area contributed by atoms with E-state index >= 15 is 0 Å². The molecule has 3 N–H and O–H groups in total. The molecule has 1 aliphatic heterocycles. The Hall–Kier alpha value is -4.39. The highest BCUT2D eigenvalue weighted by Gasteiger charge is 2.12. The predicted octanol–water partition coefficient (Wildman–Crippen LogP) is 4.88. The number of hydrogen-bond acceptors (Lipinski definition) is 4. The standard InChI is InChI=1S/C29H29N7/c1-3-31-28(30-2)22-10-12-27-35-26(18-36(27)17-22)20-7-5-19(6-8-20)24-16-34-25-15-21(9-11-23(24)25)29-32-13-4-14-33-29/h5-12,15-18,34H,3-4,13-14H2,1-2H3,(H,30,31)(H,32,33). The van der Waals surface area contributed by atoms with Crippen LogP contribution in [0.3, 0.4) is 0 Å². The molecular formula is C29H29N7. The summed E-state index contributed by atoms with van der Waals surface area (Å²) in [6.07, 6.45) is 7.32. The Bertz CT molecular complexity index is 1600. The Balaban J connectivity index is 1.28. The van der Waals surface area contributed by atoms with Gasteiger partial charge in [0, 0.05) is 78.4 Å². The molecule has 2 aromatic carbocycles. The first-order valence-electron chi connectivity index (χ1n) is 12.4. The van der Waals surface area contributed by atoms with Crippen LogP contribution < -0.4 is 10.6 Å². The van der Waals surface area contributed by atoms with Crippen molar-refractivity contribution in [3.05, 3.63) is 84.3 Å². The number of amidine groups is 2. The first kappa shape index (κ1) is 22.1. The quantitative estimate of drug-likeness (QED) is 0.250. The molecule has 3 aromatic heterocycles. The number of benzene rings is 2. The van der Waals surface area contributed by atoms with E-state index in [1.807, 2.05) is 6.07 Å². The number of H-pyrrole nitrogens is 1. The van der Waals surface area contributed by atoms with Gasteiger partial charge in [0.05, 0.1) is 5.69 Å². The number of aromatic nitrogens is 3. The molecule has 0 fully saturated rings. The minimum Gasteiger partial charge on any atom is -0.370 e. The van der Waals surface area contributed by atoms with E-state index in [2.05, 4.69) is 104 Å². The van der Waals surface area contributed by atoms with Gasteiger partial charge in [0.1, 0.15) is 17.3 Å². The number of pyridine rings is 1. The van der Waals surface area contributed by atoms with Crippen LogP contribution in [-0.2, 0) is 0 Å². The lowest BCUT2D eigenvalue weighted by Gasteiger charge is -2.14. The van der Waals surface area contributed by atoms with Gasteiger partial charge in [0.15, 0.2) is 0 Å². The van der Waals surface area contributed by atoms with Crippen LogP contribution in [0.2, 0.25) is 0 Å². The van der Waals surface area contributed by atoms with Crippen LogP contribution in [0.25, 0.3) is 38.9 Å². The lowest BCUT2D eigenvalue weighted by molar-refractivity contribution is 0.742. The Morgan fingerprint density at radius 2 is 1.86 bits per heavy atom. The van der Waals surface area contributed by atoms with Gasteiger partial charge in [-0.05, 0) is 37.1 Å². The number of nitrogens with zero attached hydrogens (tertiary/aromatic N) is 4. The van der Waals surface area contributed by atoms with E-state index in [1.165, 1.54) is 16.5 Å². The van der Waals surface area contributed by atoms with Crippen molar-refractivity contribution in [2.45, 2.75) is 13.3 Å². The molecule has 0 unspecified atom stereocenters. The summed E-state index contributed by atoms with van der Waals surface area (Å²) in [5.41, 5.74) is 8.59. The Morgan fingerprint density at radius 3 is 2.64 bits per heavy atom. The first-order chi connectivity index (χ1) is 17.7. The lowest BCUT2D eigenvalue weighted by atomic mass is 10.0. The number of hydrogen-bond donors (Lipinski definition) is 3. The smallest absolute Gasteiger partial charge is 0.137 e. The van der Waals surface area contributed by atoms with Gasteiger partial charge in [-0.2, -0.15) is 0 Å². The molecule has 0 radical (unpaired) electrons. The second-order valence-corrected chi connectivity index (χ2v) is 8.96. The number of aliphatic imine (C=N–C) groups is 2. The summed E-state index contributed by atoms with van der Waals surface area (Å²) < 4.78 is 2.06. The fraction of sp³-hybridized carbons (Fsp3) is 0.207. The molecule has 0 aliphatic carbocycles. The van der Waals surface area contributed by atoms with Gasteiger partial charge >= 0.3 is 0 Å². The topological polar surface area (TPSA) is 81.9 Å². The number of fused-ring (bicyclic) bond motifs is 2. The van der Waals surface area contributed by atoms with Crippen molar-refractivity contribution < 1.29 is 0 Å². The van der Waals surface area contributed by atoms with Gasteiger partial charge in [-0.3, -0.25) is 9.98 Å². The van der Waals surface area contributed by atoms with Crippen molar-refractivity contribution in [1.82, 2.24) is 25.0 Å². The predicted molar refractivity (Wildman–Crippen MR) is 148 cm³/mol. The molecule has 5 aromatic rings. The summed E-state index contributed by atoms with van der Waals surface area (Å²) in [5.74, 6) is 1.87. The van der Waals surface area contributed by atoms with Gasteiger partial charge in [-0.1, -0.05) is 36.4 Å². The summed E-state index contributed by atoms with van der Waals surface area (Å²) in [6.45, 7) is 4.77. The molecule has 1 aliphatic rings. The zero-order chi connectivity index (χ0) is 24.5. The molecular weight excluding hydrogens is 446 g/mol. The van der Waals surface area contributed by atoms with Crippen LogP contribution >= 0.6 is 0 Å². The zero-order valence-electron chi connectivity index (χ0n) is 20.5. The molecule has 36 heavy (non-hydrogen) atoms. The van der Waals surface area contributed by atoms with Crippen LogP contribution in [-0.4, -0.2) is 52.7 Å². The van der Waals surface area contributed by atoms with E-state index < -0.39 is 0 Å². The summed E-state index contributed by atoms with van der Waals surface area (Å²) in [7, 11) is 1.80. The molecule has 6 rings (SSSR count). The summed E-state index contributed by atoms with van der Waals surface area (Å²) >= 11 is 0. The van der Waals surface area contributed by atoms with Crippen LogP contribution in [0.4, 0.5) is 0 Å². The van der Waals surface area contributed by atoms with Crippen molar-refractivity contribution in [3.8, 4) is 22.4 Å².